The summed E-state index contributed by atoms with van der Waals surface area (Å²) in [6, 6.07) is 15.6. The van der Waals surface area contributed by atoms with Gasteiger partial charge >= 0.3 is 0 Å². The average Bonchev–Trinajstić information content (AvgIpc) is 2.93. The van der Waals surface area contributed by atoms with Crippen LogP contribution in [0.25, 0.3) is 10.9 Å². The Morgan fingerprint density at radius 3 is 2.73 bits per heavy atom. The Labute approximate surface area is 143 Å². The predicted octanol–water partition coefficient (Wildman–Crippen LogP) is 4.96. The van der Waals surface area contributed by atoms with Crippen LogP contribution in [-0.4, -0.2) is 10.1 Å². The lowest BCUT2D eigenvalue weighted by Gasteiger charge is -2.11. The van der Waals surface area contributed by atoms with E-state index in [4.69, 9.17) is 35.4 Å². The number of rotatable bonds is 3. The molecule has 0 aliphatic rings. The van der Waals surface area contributed by atoms with Gasteiger partial charge in [-0.25, -0.2) is 0 Å². The van der Waals surface area contributed by atoms with Gasteiger partial charge in [-0.3, -0.25) is 0 Å². The van der Waals surface area contributed by atoms with Crippen LogP contribution < -0.4 is 10.6 Å². The van der Waals surface area contributed by atoms with Crippen molar-refractivity contribution in [1.29, 1.82) is 0 Å². The summed E-state index contributed by atoms with van der Waals surface area (Å²) in [5.74, 6) is 0. The number of H-pyrrole nitrogens is 1. The number of benzene rings is 2. The number of hydrogen-bond acceptors (Lipinski definition) is 1. The first-order valence-electron chi connectivity index (χ1n) is 6.69. The fourth-order valence-corrected chi connectivity index (χ4v) is 2.70. The van der Waals surface area contributed by atoms with E-state index in [1.54, 1.807) is 6.07 Å². The van der Waals surface area contributed by atoms with E-state index in [0.717, 1.165) is 11.2 Å². The second-order valence-corrected chi connectivity index (χ2v) is 5.98. The van der Waals surface area contributed by atoms with Crippen LogP contribution in [0.5, 0.6) is 0 Å². The van der Waals surface area contributed by atoms with E-state index in [2.05, 4.69) is 27.8 Å². The molecule has 0 fully saturated rings. The van der Waals surface area contributed by atoms with Crippen molar-refractivity contribution < 1.29 is 0 Å². The molecule has 0 unspecified atom stereocenters. The molecule has 0 aliphatic heterocycles. The number of fused-ring (bicyclic) bond motifs is 1. The molecule has 22 heavy (non-hydrogen) atoms. The van der Waals surface area contributed by atoms with Gasteiger partial charge in [0.15, 0.2) is 5.11 Å². The summed E-state index contributed by atoms with van der Waals surface area (Å²) in [7, 11) is 0. The van der Waals surface area contributed by atoms with Crippen LogP contribution in [-0.2, 0) is 6.54 Å². The molecule has 0 atom stereocenters. The lowest BCUT2D eigenvalue weighted by molar-refractivity contribution is 0.897. The van der Waals surface area contributed by atoms with Gasteiger partial charge in [0.25, 0.3) is 0 Å². The predicted molar refractivity (Wildman–Crippen MR) is 97.8 cm³/mol. The Morgan fingerprint density at radius 1 is 1.09 bits per heavy atom. The molecule has 2 aromatic carbocycles. The van der Waals surface area contributed by atoms with Gasteiger partial charge in [0.05, 0.1) is 22.3 Å². The monoisotopic (exact) mass is 349 g/mol. The summed E-state index contributed by atoms with van der Waals surface area (Å²) < 4.78 is 0. The van der Waals surface area contributed by atoms with E-state index >= 15 is 0 Å². The molecule has 0 radical (unpaired) electrons. The second-order valence-electron chi connectivity index (χ2n) is 4.79. The smallest absolute Gasteiger partial charge is 0.171 e. The third-order valence-electron chi connectivity index (χ3n) is 3.22. The molecule has 0 bridgehead atoms. The molecule has 0 aliphatic carbocycles. The van der Waals surface area contributed by atoms with Gasteiger partial charge in [-0.05, 0) is 41.9 Å². The summed E-state index contributed by atoms with van der Waals surface area (Å²) in [6.07, 6.45) is 0. The van der Waals surface area contributed by atoms with E-state index in [0.29, 0.717) is 27.4 Å². The quantitative estimate of drug-likeness (QED) is 0.585. The molecule has 3 rings (SSSR count). The third kappa shape index (κ3) is 3.35. The molecular formula is C16H13Cl2N3S. The zero-order valence-corrected chi connectivity index (χ0v) is 13.8. The summed E-state index contributed by atoms with van der Waals surface area (Å²) in [6.45, 7) is 0.596. The molecule has 3 nitrogen and oxygen atoms in total. The first-order chi connectivity index (χ1) is 10.6. The highest BCUT2D eigenvalue weighted by atomic mass is 35.5. The molecule has 0 saturated heterocycles. The molecular weight excluding hydrogens is 337 g/mol. The van der Waals surface area contributed by atoms with Crippen LogP contribution in [0.2, 0.25) is 10.0 Å². The Kier molecular flexibility index (Phi) is 4.52. The van der Waals surface area contributed by atoms with Crippen molar-refractivity contribution in [3.8, 4) is 0 Å². The van der Waals surface area contributed by atoms with Crippen LogP contribution in [0.15, 0.2) is 48.5 Å². The van der Waals surface area contributed by atoms with Crippen LogP contribution in [0.1, 0.15) is 5.69 Å². The van der Waals surface area contributed by atoms with Gasteiger partial charge < -0.3 is 15.6 Å². The van der Waals surface area contributed by atoms with Crippen molar-refractivity contribution in [2.45, 2.75) is 6.54 Å². The van der Waals surface area contributed by atoms with Gasteiger partial charge in [0.2, 0.25) is 0 Å². The van der Waals surface area contributed by atoms with E-state index in [1.807, 2.05) is 30.3 Å². The van der Waals surface area contributed by atoms with Crippen molar-refractivity contribution in [3.05, 3.63) is 64.3 Å². The highest BCUT2D eigenvalue weighted by Crippen LogP contribution is 2.29. The SMILES string of the molecule is S=C(NCc1cc2ccccc2[nH]1)Nc1cccc(Cl)c1Cl. The number of anilines is 1. The van der Waals surface area contributed by atoms with Crippen molar-refractivity contribution in [3.63, 3.8) is 0 Å². The molecule has 1 aromatic heterocycles. The molecule has 6 heteroatoms. The molecule has 3 aromatic rings. The van der Waals surface area contributed by atoms with Crippen molar-refractivity contribution in [1.82, 2.24) is 10.3 Å². The molecule has 112 valence electrons. The summed E-state index contributed by atoms with van der Waals surface area (Å²) in [5, 5.41) is 8.80. The Bertz CT molecular complexity index is 796. The van der Waals surface area contributed by atoms with Crippen LogP contribution in [0.3, 0.4) is 0 Å². The highest BCUT2D eigenvalue weighted by Gasteiger charge is 2.06. The molecule has 1 heterocycles. The Hall–Kier alpha value is -1.75. The number of aromatic nitrogens is 1. The van der Waals surface area contributed by atoms with Crippen LogP contribution in [0.4, 0.5) is 5.69 Å². The minimum Gasteiger partial charge on any atom is -0.357 e. The number of para-hydroxylation sites is 1. The van der Waals surface area contributed by atoms with Crippen molar-refractivity contribution in [2.24, 2.45) is 0 Å². The maximum Gasteiger partial charge on any atom is 0.171 e. The first-order valence-corrected chi connectivity index (χ1v) is 7.85. The van der Waals surface area contributed by atoms with Gasteiger partial charge in [-0.15, -0.1) is 0 Å². The Morgan fingerprint density at radius 2 is 1.91 bits per heavy atom. The normalized spacial score (nSPS) is 10.6. The standard InChI is InChI=1S/C16H13Cl2N3S/c17-12-5-3-7-14(15(12)18)21-16(22)19-9-11-8-10-4-1-2-6-13(10)20-11/h1-8,20H,9H2,(H2,19,21,22). The van der Waals surface area contributed by atoms with Gasteiger partial charge in [-0.2, -0.15) is 0 Å². The third-order valence-corrected chi connectivity index (χ3v) is 4.29. The number of nitrogens with one attached hydrogen (secondary N) is 3. The maximum absolute atomic E-state index is 6.12. The number of thiocarbonyl (C=S) groups is 1. The van der Waals surface area contributed by atoms with E-state index < -0.39 is 0 Å². The second kappa shape index (κ2) is 6.57. The fraction of sp³-hybridized carbons (Fsp3) is 0.0625. The first kappa shape index (κ1) is 15.2. The van der Waals surface area contributed by atoms with Crippen molar-refractivity contribution in [2.75, 3.05) is 5.32 Å². The molecule has 0 amide bonds. The number of aromatic amines is 1. The molecule has 0 saturated carbocycles. The van der Waals surface area contributed by atoms with Crippen LogP contribution in [0, 0.1) is 0 Å². The zero-order chi connectivity index (χ0) is 15.5. The number of hydrogen-bond donors (Lipinski definition) is 3. The fourth-order valence-electron chi connectivity index (χ4n) is 2.17. The van der Waals surface area contributed by atoms with Crippen molar-refractivity contribution >= 4 is 57.1 Å². The lowest BCUT2D eigenvalue weighted by atomic mass is 10.2. The van der Waals surface area contributed by atoms with E-state index in [-0.39, 0.29) is 0 Å². The van der Waals surface area contributed by atoms with Gasteiger partial charge in [-0.1, -0.05) is 47.5 Å². The van der Waals surface area contributed by atoms with Crippen LogP contribution >= 0.6 is 35.4 Å². The largest absolute Gasteiger partial charge is 0.357 e. The maximum atomic E-state index is 6.12. The van der Waals surface area contributed by atoms with E-state index in [9.17, 15) is 0 Å². The Balaban J connectivity index is 1.63. The van der Waals surface area contributed by atoms with Gasteiger partial charge in [0.1, 0.15) is 0 Å². The summed E-state index contributed by atoms with van der Waals surface area (Å²) in [4.78, 5) is 3.34. The lowest BCUT2D eigenvalue weighted by Crippen LogP contribution is -2.28. The molecule has 0 spiro atoms. The van der Waals surface area contributed by atoms with E-state index in [1.165, 1.54) is 5.39 Å². The number of halogens is 2. The zero-order valence-electron chi connectivity index (χ0n) is 11.5. The molecule has 3 N–H and O–H groups in total. The highest BCUT2D eigenvalue weighted by molar-refractivity contribution is 7.80. The topological polar surface area (TPSA) is 39.9 Å². The summed E-state index contributed by atoms with van der Waals surface area (Å²) in [5.41, 5.74) is 2.85. The summed E-state index contributed by atoms with van der Waals surface area (Å²) >= 11 is 17.4. The average molecular weight is 350 g/mol. The van der Waals surface area contributed by atoms with Gasteiger partial charge in [0, 0.05) is 11.2 Å². The minimum atomic E-state index is 0.457. The minimum absolute atomic E-state index is 0.457.